The van der Waals surface area contributed by atoms with Crippen LogP contribution in [0.3, 0.4) is 0 Å². The van der Waals surface area contributed by atoms with Crippen LogP contribution in [0.2, 0.25) is 5.02 Å². The van der Waals surface area contributed by atoms with Crippen LogP contribution in [0.4, 0.5) is 10.1 Å². The molecule has 0 unspecified atom stereocenters. The SMILES string of the molecule is CC(C)CNC(=O)c1ccccc1NC(=O)COc1ccc(F)cc1Cl. The highest BCUT2D eigenvalue weighted by molar-refractivity contribution is 6.32. The molecule has 2 rings (SSSR count). The van der Waals surface area contributed by atoms with Crippen LogP contribution >= 0.6 is 11.6 Å². The summed E-state index contributed by atoms with van der Waals surface area (Å²) in [5.74, 6) is -0.708. The molecule has 2 amide bonds. The lowest BCUT2D eigenvalue weighted by Gasteiger charge is -2.13. The minimum Gasteiger partial charge on any atom is -0.482 e. The molecule has 0 saturated carbocycles. The zero-order chi connectivity index (χ0) is 19.1. The first-order valence-corrected chi connectivity index (χ1v) is 8.49. The number of amides is 2. The lowest BCUT2D eigenvalue weighted by molar-refractivity contribution is -0.118. The molecule has 138 valence electrons. The monoisotopic (exact) mass is 378 g/mol. The highest BCUT2D eigenvalue weighted by Crippen LogP contribution is 2.24. The summed E-state index contributed by atoms with van der Waals surface area (Å²) in [7, 11) is 0. The molecule has 0 saturated heterocycles. The lowest BCUT2D eigenvalue weighted by Crippen LogP contribution is -2.29. The topological polar surface area (TPSA) is 67.4 Å². The normalized spacial score (nSPS) is 10.5. The highest BCUT2D eigenvalue weighted by atomic mass is 35.5. The number of ether oxygens (including phenoxy) is 1. The Morgan fingerprint density at radius 2 is 1.92 bits per heavy atom. The molecule has 0 spiro atoms. The first kappa shape index (κ1) is 19.7. The molecule has 0 aliphatic carbocycles. The van der Waals surface area contributed by atoms with Gasteiger partial charge in [-0.1, -0.05) is 37.6 Å². The molecule has 0 heterocycles. The third kappa shape index (κ3) is 5.74. The summed E-state index contributed by atoms with van der Waals surface area (Å²) in [6, 6.07) is 10.3. The maximum Gasteiger partial charge on any atom is 0.262 e. The van der Waals surface area contributed by atoms with Crippen molar-refractivity contribution in [1.29, 1.82) is 0 Å². The maximum absolute atomic E-state index is 13.0. The van der Waals surface area contributed by atoms with Crippen LogP contribution in [0.1, 0.15) is 24.2 Å². The van der Waals surface area contributed by atoms with Crippen LogP contribution in [0.15, 0.2) is 42.5 Å². The number of carbonyl (C=O) groups excluding carboxylic acids is 2. The zero-order valence-electron chi connectivity index (χ0n) is 14.5. The van der Waals surface area contributed by atoms with Gasteiger partial charge in [-0.2, -0.15) is 0 Å². The van der Waals surface area contributed by atoms with Gasteiger partial charge in [0.05, 0.1) is 16.3 Å². The summed E-state index contributed by atoms with van der Waals surface area (Å²) in [5.41, 5.74) is 0.744. The summed E-state index contributed by atoms with van der Waals surface area (Å²) in [6.45, 7) is 4.19. The number of rotatable bonds is 7. The third-order valence-electron chi connectivity index (χ3n) is 3.37. The number of carbonyl (C=O) groups is 2. The number of para-hydroxylation sites is 1. The van der Waals surface area contributed by atoms with Crippen molar-refractivity contribution in [2.24, 2.45) is 5.92 Å². The Morgan fingerprint density at radius 1 is 1.19 bits per heavy atom. The summed E-state index contributed by atoms with van der Waals surface area (Å²) in [5, 5.41) is 5.52. The average molecular weight is 379 g/mol. The Bertz CT molecular complexity index is 796. The number of anilines is 1. The van der Waals surface area contributed by atoms with Gasteiger partial charge in [-0.3, -0.25) is 9.59 Å². The summed E-state index contributed by atoms with van der Waals surface area (Å²) >= 11 is 5.85. The number of hydrogen-bond acceptors (Lipinski definition) is 3. The van der Waals surface area contributed by atoms with E-state index in [-0.39, 0.29) is 23.3 Å². The lowest BCUT2D eigenvalue weighted by atomic mass is 10.1. The molecule has 26 heavy (non-hydrogen) atoms. The molecule has 7 heteroatoms. The van der Waals surface area contributed by atoms with Crippen molar-refractivity contribution in [2.75, 3.05) is 18.5 Å². The number of hydrogen-bond donors (Lipinski definition) is 2. The Balaban J connectivity index is 1.99. The molecule has 2 aromatic carbocycles. The van der Waals surface area contributed by atoms with Crippen LogP contribution in [0.25, 0.3) is 0 Å². The molecule has 0 radical (unpaired) electrons. The predicted octanol–water partition coefficient (Wildman–Crippen LogP) is 3.88. The van der Waals surface area contributed by atoms with Crippen molar-refractivity contribution < 1.29 is 18.7 Å². The smallest absolute Gasteiger partial charge is 0.262 e. The second-order valence-electron chi connectivity index (χ2n) is 6.06. The summed E-state index contributed by atoms with van der Waals surface area (Å²) in [6.07, 6.45) is 0. The predicted molar refractivity (Wildman–Crippen MR) is 99.1 cm³/mol. The van der Waals surface area contributed by atoms with Gasteiger partial charge in [0, 0.05) is 6.54 Å². The average Bonchev–Trinajstić information content (AvgIpc) is 2.59. The fraction of sp³-hybridized carbons (Fsp3) is 0.263. The fourth-order valence-corrected chi connectivity index (χ4v) is 2.33. The molecule has 0 aliphatic heterocycles. The van der Waals surface area contributed by atoms with Crippen molar-refractivity contribution in [3.05, 3.63) is 58.9 Å². The maximum atomic E-state index is 13.0. The standard InChI is InChI=1S/C19H20ClFN2O3/c1-12(2)10-22-19(25)14-5-3-4-6-16(14)23-18(24)11-26-17-8-7-13(21)9-15(17)20/h3-9,12H,10-11H2,1-2H3,(H,22,25)(H,23,24). The third-order valence-corrected chi connectivity index (χ3v) is 3.66. The van der Waals surface area contributed by atoms with Crippen molar-refractivity contribution in [1.82, 2.24) is 5.32 Å². The molecule has 2 aromatic rings. The highest BCUT2D eigenvalue weighted by Gasteiger charge is 2.14. The quantitative estimate of drug-likeness (QED) is 0.768. The molecular weight excluding hydrogens is 359 g/mol. The van der Waals surface area contributed by atoms with Crippen molar-refractivity contribution in [3.8, 4) is 5.75 Å². The zero-order valence-corrected chi connectivity index (χ0v) is 15.3. The van der Waals surface area contributed by atoms with E-state index in [1.165, 1.54) is 12.1 Å². The van der Waals surface area contributed by atoms with Gasteiger partial charge in [-0.05, 0) is 36.2 Å². The van der Waals surface area contributed by atoms with Gasteiger partial charge in [-0.15, -0.1) is 0 Å². The fourth-order valence-electron chi connectivity index (χ4n) is 2.10. The van der Waals surface area contributed by atoms with E-state index in [4.69, 9.17) is 16.3 Å². The van der Waals surface area contributed by atoms with Crippen LogP contribution in [0, 0.1) is 11.7 Å². The van der Waals surface area contributed by atoms with Gasteiger partial charge < -0.3 is 15.4 Å². The Labute approximate surface area is 156 Å². The van der Waals surface area contributed by atoms with E-state index in [1.54, 1.807) is 24.3 Å². The molecule has 0 bridgehead atoms. The molecule has 5 nitrogen and oxygen atoms in total. The summed E-state index contributed by atoms with van der Waals surface area (Å²) in [4.78, 5) is 24.4. The van der Waals surface area contributed by atoms with Crippen molar-refractivity contribution >= 4 is 29.1 Å². The minimum atomic E-state index is -0.492. The number of halogens is 2. The number of nitrogens with one attached hydrogen (secondary N) is 2. The van der Waals surface area contributed by atoms with Crippen LogP contribution < -0.4 is 15.4 Å². The largest absolute Gasteiger partial charge is 0.482 e. The first-order valence-electron chi connectivity index (χ1n) is 8.11. The Hall–Kier alpha value is -2.60. The Kier molecular flexibility index (Phi) is 6.97. The van der Waals surface area contributed by atoms with Gasteiger partial charge in [0.25, 0.3) is 11.8 Å². The molecule has 0 atom stereocenters. The van der Waals surface area contributed by atoms with Gasteiger partial charge in [0.15, 0.2) is 6.61 Å². The van der Waals surface area contributed by atoms with Gasteiger partial charge in [0.2, 0.25) is 0 Å². The van der Waals surface area contributed by atoms with Crippen LogP contribution in [-0.4, -0.2) is 25.0 Å². The molecule has 0 fully saturated rings. The van der Waals surface area contributed by atoms with Crippen LogP contribution in [-0.2, 0) is 4.79 Å². The van der Waals surface area contributed by atoms with E-state index < -0.39 is 11.7 Å². The molecule has 2 N–H and O–H groups in total. The van der Waals surface area contributed by atoms with Crippen LogP contribution in [0.5, 0.6) is 5.75 Å². The molecule has 0 aromatic heterocycles. The van der Waals surface area contributed by atoms with E-state index in [0.29, 0.717) is 23.7 Å². The van der Waals surface area contributed by atoms with E-state index in [0.717, 1.165) is 6.07 Å². The Morgan fingerprint density at radius 3 is 2.62 bits per heavy atom. The number of benzene rings is 2. The molecule has 0 aliphatic rings. The van der Waals surface area contributed by atoms with Crippen molar-refractivity contribution in [2.45, 2.75) is 13.8 Å². The second kappa shape index (κ2) is 9.20. The minimum absolute atomic E-state index is 0.0752. The van der Waals surface area contributed by atoms with E-state index in [2.05, 4.69) is 10.6 Å². The summed E-state index contributed by atoms with van der Waals surface area (Å²) < 4.78 is 18.3. The van der Waals surface area contributed by atoms with E-state index in [1.807, 2.05) is 13.8 Å². The van der Waals surface area contributed by atoms with E-state index in [9.17, 15) is 14.0 Å². The second-order valence-corrected chi connectivity index (χ2v) is 6.47. The molecular formula is C19H20ClFN2O3. The first-order chi connectivity index (χ1) is 12.4. The van der Waals surface area contributed by atoms with Gasteiger partial charge >= 0.3 is 0 Å². The van der Waals surface area contributed by atoms with Gasteiger partial charge in [0.1, 0.15) is 11.6 Å². The van der Waals surface area contributed by atoms with E-state index >= 15 is 0 Å². The van der Waals surface area contributed by atoms with Crippen molar-refractivity contribution in [3.63, 3.8) is 0 Å². The van der Waals surface area contributed by atoms with Gasteiger partial charge in [-0.25, -0.2) is 4.39 Å².